The number of rotatable bonds is 7. The lowest BCUT2D eigenvalue weighted by atomic mass is 9.76. The molecule has 2 aromatic carbocycles. The number of halogens is 1. The maximum atomic E-state index is 13.1. The highest BCUT2D eigenvalue weighted by molar-refractivity contribution is 7.88. The summed E-state index contributed by atoms with van der Waals surface area (Å²) in [7, 11) is 1.77. The van der Waals surface area contributed by atoms with E-state index >= 15 is 0 Å². The van der Waals surface area contributed by atoms with E-state index in [1.165, 1.54) is 28.6 Å². The summed E-state index contributed by atoms with van der Waals surface area (Å²) in [4.78, 5) is 1.95. The van der Waals surface area contributed by atoms with E-state index in [0.29, 0.717) is 17.9 Å². The summed E-state index contributed by atoms with van der Waals surface area (Å²) in [5.74, 6) is -0.268. The molecule has 1 saturated heterocycles. The van der Waals surface area contributed by atoms with Crippen LogP contribution in [0.5, 0.6) is 5.75 Å². The van der Waals surface area contributed by atoms with Crippen molar-refractivity contribution >= 4 is 10.0 Å². The number of piperidine rings is 1. The molecule has 30 heavy (non-hydrogen) atoms. The quantitative estimate of drug-likeness (QED) is 0.722. The predicted octanol–water partition coefficient (Wildman–Crippen LogP) is 2.44. The molecule has 0 aromatic heterocycles. The number of methoxy groups -OCH3 is 1. The summed E-state index contributed by atoms with van der Waals surface area (Å²) in [6, 6.07) is 12.8. The van der Waals surface area contributed by atoms with Crippen molar-refractivity contribution in [3.05, 3.63) is 65.5 Å². The molecule has 2 aromatic rings. The van der Waals surface area contributed by atoms with Gasteiger partial charge in [-0.05, 0) is 55.9 Å². The molecule has 6 nitrogen and oxygen atoms in total. The van der Waals surface area contributed by atoms with E-state index in [9.17, 15) is 17.9 Å². The zero-order valence-electron chi connectivity index (χ0n) is 17.6. The SMILES string of the molecule is COc1cccc(C2(O)CCN(S(=O)(=O)Cc3ccc(F)cc3)CC2CN(C)C)c1. The molecule has 2 atom stereocenters. The van der Waals surface area contributed by atoms with Crippen molar-refractivity contribution in [2.75, 3.05) is 40.8 Å². The number of hydrogen-bond donors (Lipinski definition) is 1. The topological polar surface area (TPSA) is 70.1 Å². The monoisotopic (exact) mass is 436 g/mol. The second-order valence-electron chi connectivity index (χ2n) is 8.11. The van der Waals surface area contributed by atoms with Crippen LogP contribution in [-0.2, 0) is 21.4 Å². The number of aliphatic hydroxyl groups is 1. The van der Waals surface area contributed by atoms with Gasteiger partial charge in [0.2, 0.25) is 10.0 Å². The molecule has 0 bridgehead atoms. The molecule has 8 heteroatoms. The van der Waals surface area contributed by atoms with Crippen LogP contribution in [0.15, 0.2) is 48.5 Å². The van der Waals surface area contributed by atoms with Gasteiger partial charge in [0.1, 0.15) is 11.6 Å². The summed E-state index contributed by atoms with van der Waals surface area (Å²) >= 11 is 0. The zero-order chi connectivity index (χ0) is 21.9. The maximum Gasteiger partial charge on any atom is 0.218 e. The summed E-state index contributed by atoms with van der Waals surface area (Å²) in [6.45, 7) is 0.937. The van der Waals surface area contributed by atoms with E-state index in [1.807, 2.05) is 43.3 Å². The Morgan fingerprint density at radius 3 is 2.57 bits per heavy atom. The summed E-state index contributed by atoms with van der Waals surface area (Å²) in [6.07, 6.45) is 0.279. The minimum Gasteiger partial charge on any atom is -0.497 e. The van der Waals surface area contributed by atoms with Crippen molar-refractivity contribution in [3.8, 4) is 5.75 Å². The van der Waals surface area contributed by atoms with Gasteiger partial charge < -0.3 is 14.7 Å². The Labute approximate surface area is 177 Å². The molecule has 0 aliphatic carbocycles. The second-order valence-corrected chi connectivity index (χ2v) is 10.1. The van der Waals surface area contributed by atoms with Gasteiger partial charge in [-0.3, -0.25) is 0 Å². The van der Waals surface area contributed by atoms with Crippen LogP contribution in [0.3, 0.4) is 0 Å². The fourth-order valence-corrected chi connectivity index (χ4v) is 5.62. The van der Waals surface area contributed by atoms with Crippen LogP contribution in [0.2, 0.25) is 0 Å². The summed E-state index contributed by atoms with van der Waals surface area (Å²) < 4.78 is 46.0. The molecule has 1 N–H and O–H groups in total. The van der Waals surface area contributed by atoms with E-state index in [2.05, 4.69) is 0 Å². The van der Waals surface area contributed by atoms with E-state index in [-0.39, 0.29) is 31.2 Å². The molecule has 0 amide bonds. The van der Waals surface area contributed by atoms with Crippen LogP contribution in [0.1, 0.15) is 17.5 Å². The molecule has 164 valence electrons. The summed E-state index contributed by atoms with van der Waals surface area (Å²) in [5, 5.41) is 11.6. The lowest BCUT2D eigenvalue weighted by Crippen LogP contribution is -2.54. The van der Waals surface area contributed by atoms with E-state index in [4.69, 9.17) is 4.74 Å². The van der Waals surface area contributed by atoms with Crippen molar-refractivity contribution in [1.82, 2.24) is 9.21 Å². The number of nitrogens with zero attached hydrogens (tertiary/aromatic N) is 2. The van der Waals surface area contributed by atoms with Gasteiger partial charge in [0.25, 0.3) is 0 Å². The maximum absolute atomic E-state index is 13.1. The molecule has 1 heterocycles. The lowest BCUT2D eigenvalue weighted by molar-refractivity contribution is -0.0698. The van der Waals surface area contributed by atoms with Gasteiger partial charge in [0, 0.05) is 25.6 Å². The standard InChI is InChI=1S/C22H29FN2O4S/c1-24(2)14-19-15-25(30(27,28)16-17-7-9-20(23)10-8-17)12-11-22(19,26)18-5-4-6-21(13-18)29-3/h4-10,13,19,26H,11-12,14-16H2,1-3H3. The Morgan fingerprint density at radius 2 is 1.93 bits per heavy atom. The van der Waals surface area contributed by atoms with Gasteiger partial charge >= 0.3 is 0 Å². The van der Waals surface area contributed by atoms with Crippen LogP contribution in [0.4, 0.5) is 4.39 Å². The minimum atomic E-state index is -3.61. The Bertz CT molecular complexity index is 965. The van der Waals surface area contributed by atoms with Gasteiger partial charge in [0.05, 0.1) is 18.5 Å². The first kappa shape index (κ1) is 22.7. The molecule has 1 aliphatic rings. The number of sulfonamides is 1. The van der Waals surface area contributed by atoms with Crippen molar-refractivity contribution in [3.63, 3.8) is 0 Å². The van der Waals surface area contributed by atoms with Crippen LogP contribution in [0.25, 0.3) is 0 Å². The molecule has 1 aliphatic heterocycles. The van der Waals surface area contributed by atoms with Crippen LogP contribution in [0, 0.1) is 11.7 Å². The third-order valence-electron chi connectivity index (χ3n) is 5.65. The Balaban J connectivity index is 1.85. The predicted molar refractivity (Wildman–Crippen MR) is 114 cm³/mol. The zero-order valence-corrected chi connectivity index (χ0v) is 18.4. The molecule has 0 saturated carbocycles. The molecule has 1 fully saturated rings. The van der Waals surface area contributed by atoms with Gasteiger partial charge in [0.15, 0.2) is 0 Å². The highest BCUT2D eigenvalue weighted by Gasteiger charge is 2.45. The average Bonchev–Trinajstić information content (AvgIpc) is 2.71. The second kappa shape index (κ2) is 9.01. The number of ether oxygens (including phenoxy) is 1. The van der Waals surface area contributed by atoms with Gasteiger partial charge in [-0.15, -0.1) is 0 Å². The minimum absolute atomic E-state index is 0.195. The largest absolute Gasteiger partial charge is 0.497 e. The highest BCUT2D eigenvalue weighted by atomic mass is 32.2. The van der Waals surface area contributed by atoms with E-state index < -0.39 is 21.4 Å². The van der Waals surface area contributed by atoms with Crippen LogP contribution >= 0.6 is 0 Å². The Hall–Kier alpha value is -2.00. The third-order valence-corrected chi connectivity index (χ3v) is 7.47. The third kappa shape index (κ3) is 5.00. The van der Waals surface area contributed by atoms with E-state index in [1.54, 1.807) is 7.11 Å². The van der Waals surface area contributed by atoms with E-state index in [0.717, 1.165) is 5.56 Å². The molecule has 3 rings (SSSR count). The lowest BCUT2D eigenvalue weighted by Gasteiger charge is -2.45. The Kier molecular flexibility index (Phi) is 6.81. The molecular weight excluding hydrogens is 407 g/mol. The van der Waals surface area contributed by atoms with Crippen molar-refractivity contribution < 1.29 is 22.7 Å². The van der Waals surface area contributed by atoms with Crippen molar-refractivity contribution in [1.29, 1.82) is 0 Å². The van der Waals surface area contributed by atoms with Crippen LogP contribution in [-0.4, -0.2) is 63.6 Å². The average molecular weight is 437 g/mol. The smallest absolute Gasteiger partial charge is 0.218 e. The van der Waals surface area contributed by atoms with Crippen molar-refractivity contribution in [2.24, 2.45) is 5.92 Å². The van der Waals surface area contributed by atoms with Crippen LogP contribution < -0.4 is 4.74 Å². The Morgan fingerprint density at radius 1 is 1.23 bits per heavy atom. The molecular formula is C22H29FN2O4S. The number of hydrogen-bond acceptors (Lipinski definition) is 5. The first-order chi connectivity index (χ1) is 14.1. The first-order valence-corrected chi connectivity index (χ1v) is 11.5. The fourth-order valence-electron chi connectivity index (χ4n) is 4.04. The molecule has 0 radical (unpaired) electrons. The highest BCUT2D eigenvalue weighted by Crippen LogP contribution is 2.40. The first-order valence-electron chi connectivity index (χ1n) is 9.88. The normalized spacial score (nSPS) is 22.9. The molecule has 2 unspecified atom stereocenters. The molecule has 0 spiro atoms. The summed E-state index contributed by atoms with van der Waals surface area (Å²) in [5.41, 5.74) is 0.0965. The van der Waals surface area contributed by atoms with Crippen molar-refractivity contribution in [2.45, 2.75) is 17.8 Å². The fraction of sp³-hybridized carbons (Fsp3) is 0.455. The van der Waals surface area contributed by atoms with Gasteiger partial charge in [-0.2, -0.15) is 0 Å². The van der Waals surface area contributed by atoms with Gasteiger partial charge in [-0.1, -0.05) is 24.3 Å². The van der Waals surface area contributed by atoms with Gasteiger partial charge in [-0.25, -0.2) is 17.1 Å². The number of benzene rings is 2.